The largest absolute Gasteiger partial charge is 0.549 e. The smallest absolute Gasteiger partial charge is 0.0555 e. The molecule has 86 valence electrons. The standard InChI is InChI=1S/C10H12N2O4/c13-9(14)6-12(7-10(15)16)5-8-3-1-2-4-11-8/h1-4H,5-7H2,(H,13,14)(H,15,16)/p-2. The monoisotopic (exact) mass is 222 g/mol. The summed E-state index contributed by atoms with van der Waals surface area (Å²) in [5.74, 6) is -2.67. The summed E-state index contributed by atoms with van der Waals surface area (Å²) in [6.45, 7) is -0.808. The van der Waals surface area contributed by atoms with Gasteiger partial charge >= 0.3 is 0 Å². The maximum Gasteiger partial charge on any atom is 0.0555 e. The van der Waals surface area contributed by atoms with E-state index in [0.717, 1.165) is 0 Å². The summed E-state index contributed by atoms with van der Waals surface area (Å²) in [5, 5.41) is 20.8. The third-order valence-electron chi connectivity index (χ3n) is 1.82. The molecule has 0 atom stereocenters. The van der Waals surface area contributed by atoms with E-state index in [2.05, 4.69) is 4.98 Å². The minimum Gasteiger partial charge on any atom is -0.549 e. The first-order valence-corrected chi connectivity index (χ1v) is 4.60. The molecule has 0 unspecified atom stereocenters. The highest BCUT2D eigenvalue weighted by atomic mass is 16.4. The molecule has 0 aromatic carbocycles. The molecule has 1 aromatic rings. The van der Waals surface area contributed by atoms with E-state index in [1.165, 1.54) is 4.90 Å². The lowest BCUT2D eigenvalue weighted by molar-refractivity contribution is -0.310. The zero-order chi connectivity index (χ0) is 12.0. The van der Waals surface area contributed by atoms with Crippen LogP contribution in [0.2, 0.25) is 0 Å². The van der Waals surface area contributed by atoms with Crippen LogP contribution in [0.15, 0.2) is 24.4 Å². The van der Waals surface area contributed by atoms with Crippen LogP contribution >= 0.6 is 0 Å². The molecule has 0 bridgehead atoms. The van der Waals surface area contributed by atoms with E-state index in [1.807, 2.05) is 0 Å². The molecule has 1 rings (SSSR count). The van der Waals surface area contributed by atoms with Crippen LogP contribution in [-0.4, -0.2) is 34.9 Å². The first kappa shape index (κ1) is 12.1. The third kappa shape index (κ3) is 4.52. The molecule has 1 heterocycles. The van der Waals surface area contributed by atoms with Gasteiger partial charge in [-0.2, -0.15) is 0 Å². The maximum atomic E-state index is 10.4. The maximum absolute atomic E-state index is 10.4. The number of rotatable bonds is 6. The van der Waals surface area contributed by atoms with E-state index < -0.39 is 25.0 Å². The number of carboxylic acid groups (broad SMARTS) is 2. The lowest BCUT2D eigenvalue weighted by Gasteiger charge is -2.22. The molecule has 16 heavy (non-hydrogen) atoms. The van der Waals surface area contributed by atoms with E-state index in [0.29, 0.717) is 5.69 Å². The highest BCUT2D eigenvalue weighted by Crippen LogP contribution is 1.99. The average Bonchev–Trinajstić information content (AvgIpc) is 2.16. The van der Waals surface area contributed by atoms with E-state index in [9.17, 15) is 19.8 Å². The number of nitrogens with zero attached hydrogens (tertiary/aromatic N) is 2. The van der Waals surface area contributed by atoms with Gasteiger partial charge in [-0.15, -0.1) is 0 Å². The first-order valence-electron chi connectivity index (χ1n) is 4.60. The van der Waals surface area contributed by atoms with Crippen LogP contribution in [0.1, 0.15) is 5.69 Å². The quantitative estimate of drug-likeness (QED) is 0.523. The van der Waals surface area contributed by atoms with Crippen LogP contribution < -0.4 is 10.2 Å². The van der Waals surface area contributed by atoms with Crippen LogP contribution in [0.4, 0.5) is 0 Å². The van der Waals surface area contributed by atoms with Gasteiger partial charge in [-0.25, -0.2) is 0 Å². The zero-order valence-electron chi connectivity index (χ0n) is 8.46. The van der Waals surface area contributed by atoms with Crippen molar-refractivity contribution in [3.8, 4) is 0 Å². The molecule has 0 radical (unpaired) electrons. The number of carbonyl (C=O) groups excluding carboxylic acids is 2. The summed E-state index contributed by atoms with van der Waals surface area (Å²) in [6, 6.07) is 5.13. The summed E-state index contributed by atoms with van der Waals surface area (Å²) in [4.78, 5) is 25.9. The van der Waals surface area contributed by atoms with Gasteiger partial charge in [0.2, 0.25) is 0 Å². The number of carboxylic acids is 2. The van der Waals surface area contributed by atoms with Crippen molar-refractivity contribution in [2.45, 2.75) is 6.54 Å². The van der Waals surface area contributed by atoms with Crippen molar-refractivity contribution in [3.05, 3.63) is 30.1 Å². The van der Waals surface area contributed by atoms with Gasteiger partial charge in [0, 0.05) is 25.8 Å². The Hall–Kier alpha value is -1.95. The van der Waals surface area contributed by atoms with E-state index in [-0.39, 0.29) is 6.54 Å². The van der Waals surface area contributed by atoms with Gasteiger partial charge in [-0.05, 0) is 12.1 Å². The predicted molar refractivity (Wildman–Crippen MR) is 49.5 cm³/mol. The van der Waals surface area contributed by atoms with Crippen LogP contribution in [0.5, 0.6) is 0 Å². The number of aliphatic carboxylic acids is 2. The van der Waals surface area contributed by atoms with Crippen LogP contribution in [-0.2, 0) is 16.1 Å². The van der Waals surface area contributed by atoms with Crippen molar-refractivity contribution >= 4 is 11.9 Å². The minimum atomic E-state index is -1.34. The molecule has 0 spiro atoms. The van der Waals surface area contributed by atoms with Crippen molar-refractivity contribution in [3.63, 3.8) is 0 Å². The molecule has 0 saturated carbocycles. The van der Waals surface area contributed by atoms with Crippen molar-refractivity contribution in [1.82, 2.24) is 9.88 Å². The van der Waals surface area contributed by atoms with Crippen LogP contribution in [0.25, 0.3) is 0 Å². The minimum absolute atomic E-state index is 0.128. The number of hydrogen-bond acceptors (Lipinski definition) is 6. The summed E-state index contributed by atoms with van der Waals surface area (Å²) < 4.78 is 0. The van der Waals surface area contributed by atoms with Crippen molar-refractivity contribution in [1.29, 1.82) is 0 Å². The van der Waals surface area contributed by atoms with Gasteiger partial charge in [-0.3, -0.25) is 9.88 Å². The molecule has 0 fully saturated rings. The molecule has 1 aromatic heterocycles. The predicted octanol–water partition coefficient (Wildman–Crippen LogP) is -2.62. The van der Waals surface area contributed by atoms with Gasteiger partial charge in [0.1, 0.15) is 0 Å². The molecular weight excluding hydrogens is 212 g/mol. The number of aromatic nitrogens is 1. The van der Waals surface area contributed by atoms with Crippen molar-refractivity contribution < 1.29 is 19.8 Å². The molecule has 0 aliphatic carbocycles. The Morgan fingerprint density at radius 2 is 1.81 bits per heavy atom. The highest BCUT2D eigenvalue weighted by Gasteiger charge is 2.07. The van der Waals surface area contributed by atoms with Crippen molar-refractivity contribution in [2.24, 2.45) is 0 Å². The molecule has 0 aliphatic heterocycles. The molecule has 0 saturated heterocycles. The van der Waals surface area contributed by atoms with Gasteiger partial charge in [0.05, 0.1) is 17.6 Å². The average molecular weight is 222 g/mol. The summed E-state index contributed by atoms with van der Waals surface area (Å²) in [5.41, 5.74) is 0.588. The van der Waals surface area contributed by atoms with E-state index in [1.54, 1.807) is 24.4 Å². The van der Waals surface area contributed by atoms with Crippen LogP contribution in [0, 0.1) is 0 Å². The third-order valence-corrected chi connectivity index (χ3v) is 1.82. The Morgan fingerprint density at radius 3 is 2.25 bits per heavy atom. The van der Waals surface area contributed by atoms with Gasteiger partial charge in [-0.1, -0.05) is 6.07 Å². The Morgan fingerprint density at radius 1 is 1.19 bits per heavy atom. The number of pyridine rings is 1. The topological polar surface area (TPSA) is 96.4 Å². The van der Waals surface area contributed by atoms with Gasteiger partial charge in [0.15, 0.2) is 0 Å². The molecule has 0 amide bonds. The summed E-state index contributed by atoms with van der Waals surface area (Å²) >= 11 is 0. The fraction of sp³-hybridized carbons (Fsp3) is 0.300. The molecule has 6 nitrogen and oxygen atoms in total. The lowest BCUT2D eigenvalue weighted by Crippen LogP contribution is -2.43. The summed E-state index contributed by atoms with van der Waals surface area (Å²) in [6.07, 6.45) is 1.55. The Bertz CT molecular complexity index is 350. The normalized spacial score (nSPS) is 10.3. The number of carbonyl (C=O) groups is 2. The Balaban J connectivity index is 2.63. The SMILES string of the molecule is O=C([O-])CN(CC(=O)[O-])Cc1ccccn1. The van der Waals surface area contributed by atoms with E-state index in [4.69, 9.17) is 0 Å². The van der Waals surface area contributed by atoms with Gasteiger partial charge in [0.25, 0.3) is 0 Å². The second-order valence-electron chi connectivity index (χ2n) is 3.21. The fourth-order valence-electron chi connectivity index (χ4n) is 1.25. The molecule has 0 N–H and O–H groups in total. The Kier molecular flexibility index (Phi) is 4.41. The second-order valence-corrected chi connectivity index (χ2v) is 3.21. The molecular formula is C10H10N2O4-2. The van der Waals surface area contributed by atoms with E-state index >= 15 is 0 Å². The lowest BCUT2D eigenvalue weighted by atomic mass is 10.3. The molecule has 0 aliphatic rings. The summed E-state index contributed by atoms with van der Waals surface area (Å²) in [7, 11) is 0. The highest BCUT2D eigenvalue weighted by molar-refractivity contribution is 5.70. The van der Waals surface area contributed by atoms with Gasteiger partial charge < -0.3 is 19.8 Å². The first-order chi connectivity index (χ1) is 7.58. The fourth-order valence-corrected chi connectivity index (χ4v) is 1.25. The van der Waals surface area contributed by atoms with Crippen LogP contribution in [0.3, 0.4) is 0 Å². The zero-order valence-corrected chi connectivity index (χ0v) is 8.46. The molecule has 6 heteroatoms. The number of hydrogen-bond donors (Lipinski definition) is 0. The van der Waals surface area contributed by atoms with Crippen molar-refractivity contribution in [2.75, 3.05) is 13.1 Å². The Labute approximate surface area is 92.1 Å². The second kappa shape index (κ2) is 5.82.